The fourth-order valence-electron chi connectivity index (χ4n) is 4.91. The van der Waals surface area contributed by atoms with E-state index in [-0.39, 0.29) is 35.1 Å². The van der Waals surface area contributed by atoms with Gasteiger partial charge < -0.3 is 18.6 Å². The van der Waals surface area contributed by atoms with Crippen molar-refractivity contribution in [3.8, 4) is 5.75 Å². The summed E-state index contributed by atoms with van der Waals surface area (Å²) in [5, 5.41) is 0. The second-order valence-electron chi connectivity index (χ2n) is 8.17. The summed E-state index contributed by atoms with van der Waals surface area (Å²) in [6, 6.07) is 4.53. The molecule has 0 spiro atoms. The lowest BCUT2D eigenvalue weighted by Crippen LogP contribution is -2.44. The van der Waals surface area contributed by atoms with Gasteiger partial charge in [0.1, 0.15) is 18.0 Å². The summed E-state index contributed by atoms with van der Waals surface area (Å²) in [5.41, 5.74) is 0.745. The second-order valence-corrected chi connectivity index (χ2v) is 8.17. The van der Waals surface area contributed by atoms with Crippen LogP contribution in [0.4, 0.5) is 0 Å². The van der Waals surface area contributed by atoms with E-state index in [4.69, 9.17) is 18.6 Å². The van der Waals surface area contributed by atoms with Crippen molar-refractivity contribution in [3.63, 3.8) is 0 Å². The summed E-state index contributed by atoms with van der Waals surface area (Å²) >= 11 is 0. The number of fused-ring (bicyclic) bond motifs is 2. The van der Waals surface area contributed by atoms with Crippen molar-refractivity contribution >= 4 is 29.0 Å². The number of hydrogen-bond donors (Lipinski definition) is 1. The first kappa shape index (κ1) is 18.0. The van der Waals surface area contributed by atoms with Gasteiger partial charge in [-0.05, 0) is 18.6 Å². The van der Waals surface area contributed by atoms with Crippen molar-refractivity contribution in [2.45, 2.75) is 32.5 Å². The molecule has 2 aliphatic carbocycles. The summed E-state index contributed by atoms with van der Waals surface area (Å²) in [5.74, 6) is -3.95. The molecule has 6 unspecified atom stereocenters. The maximum Gasteiger partial charge on any atom is 0.417 e. The van der Waals surface area contributed by atoms with Gasteiger partial charge in [0.15, 0.2) is 5.58 Å². The van der Waals surface area contributed by atoms with Gasteiger partial charge >= 0.3 is 23.7 Å². The normalized spacial score (nSPS) is 32.0. The first-order chi connectivity index (χ1) is 13.8. The molecular formula is C20H19NO8. The molecule has 2 saturated carbocycles. The maximum atomic E-state index is 13.0. The summed E-state index contributed by atoms with van der Waals surface area (Å²) in [7, 11) is 0. The number of aromatic amines is 1. The van der Waals surface area contributed by atoms with E-state index in [0.29, 0.717) is 11.9 Å². The summed E-state index contributed by atoms with van der Waals surface area (Å²) in [6.45, 7) is 3.44. The lowest BCUT2D eigenvalue weighted by Gasteiger charge is -2.30. The molecular weight excluding hydrogens is 382 g/mol. The van der Waals surface area contributed by atoms with Crippen molar-refractivity contribution in [1.29, 1.82) is 0 Å². The van der Waals surface area contributed by atoms with Crippen molar-refractivity contribution < 1.29 is 33.0 Å². The topological polar surface area (TPSA) is 125 Å². The maximum absolute atomic E-state index is 13.0. The van der Waals surface area contributed by atoms with E-state index in [9.17, 15) is 19.2 Å². The van der Waals surface area contributed by atoms with E-state index >= 15 is 0 Å². The van der Waals surface area contributed by atoms with Crippen LogP contribution in [0, 0.1) is 29.6 Å². The van der Waals surface area contributed by atoms with Gasteiger partial charge in [0.25, 0.3) is 0 Å². The van der Waals surface area contributed by atoms with Gasteiger partial charge in [0, 0.05) is 17.9 Å². The predicted octanol–water partition coefficient (Wildman–Crippen LogP) is 1.40. The molecule has 5 rings (SSSR count). The highest BCUT2D eigenvalue weighted by Crippen LogP contribution is 2.59. The Labute approximate surface area is 164 Å². The molecule has 2 bridgehead atoms. The Morgan fingerprint density at radius 3 is 2.76 bits per heavy atom. The molecule has 3 aliphatic rings. The van der Waals surface area contributed by atoms with Crippen LogP contribution in [0.2, 0.25) is 0 Å². The van der Waals surface area contributed by atoms with Crippen LogP contribution in [0.15, 0.2) is 27.4 Å². The molecule has 29 heavy (non-hydrogen) atoms. The van der Waals surface area contributed by atoms with E-state index in [1.807, 2.05) is 0 Å². The van der Waals surface area contributed by atoms with Crippen molar-refractivity contribution in [1.82, 2.24) is 4.98 Å². The first-order valence-corrected chi connectivity index (χ1v) is 9.59. The highest BCUT2D eigenvalue weighted by Gasteiger charge is 2.70. The number of ether oxygens (including phenoxy) is 3. The Morgan fingerprint density at radius 2 is 2.00 bits per heavy atom. The molecule has 0 radical (unpaired) electrons. The zero-order valence-corrected chi connectivity index (χ0v) is 15.7. The highest BCUT2D eigenvalue weighted by atomic mass is 16.6. The van der Waals surface area contributed by atoms with Gasteiger partial charge in [-0.15, -0.1) is 0 Å². The number of oxazole rings is 1. The Kier molecular flexibility index (Phi) is 3.84. The van der Waals surface area contributed by atoms with Crippen molar-refractivity contribution in [2.75, 3.05) is 0 Å². The quantitative estimate of drug-likeness (QED) is 0.602. The van der Waals surface area contributed by atoms with Crippen LogP contribution < -0.4 is 10.5 Å². The summed E-state index contributed by atoms with van der Waals surface area (Å²) in [6.07, 6.45) is -0.558. The number of H-pyrrole nitrogens is 1. The van der Waals surface area contributed by atoms with E-state index in [1.165, 1.54) is 12.1 Å². The lowest BCUT2D eigenvalue weighted by molar-refractivity contribution is -0.166. The van der Waals surface area contributed by atoms with Gasteiger partial charge in [-0.25, -0.2) is 4.79 Å². The molecule has 2 aromatic rings. The third kappa shape index (κ3) is 2.67. The molecule has 2 heterocycles. The van der Waals surface area contributed by atoms with E-state index < -0.39 is 41.7 Å². The number of carbonyl (C=O) groups excluding carboxylic acids is 3. The van der Waals surface area contributed by atoms with Gasteiger partial charge in [0.2, 0.25) is 0 Å². The summed E-state index contributed by atoms with van der Waals surface area (Å²) in [4.78, 5) is 51.3. The number of esters is 3. The Bertz CT molecular complexity index is 1080. The van der Waals surface area contributed by atoms with Crippen LogP contribution in [-0.4, -0.2) is 35.1 Å². The minimum atomic E-state index is -0.745. The molecule has 1 aromatic carbocycles. The lowest BCUT2D eigenvalue weighted by atomic mass is 9.78. The van der Waals surface area contributed by atoms with Crippen LogP contribution in [0.1, 0.15) is 20.3 Å². The summed E-state index contributed by atoms with van der Waals surface area (Å²) < 4.78 is 21.5. The van der Waals surface area contributed by atoms with Crippen LogP contribution in [0.5, 0.6) is 5.75 Å². The largest absolute Gasteiger partial charge is 0.458 e. The number of benzene rings is 1. The number of carbonyl (C=O) groups is 3. The SMILES string of the molecule is CC(C)C(=O)OC1C2CC3C1OC(=O)C3C2C(=O)Oc1ccc2[nH]c(=O)oc2c1. The monoisotopic (exact) mass is 401 g/mol. The van der Waals surface area contributed by atoms with Crippen molar-refractivity contribution in [2.24, 2.45) is 29.6 Å². The van der Waals surface area contributed by atoms with Crippen molar-refractivity contribution in [3.05, 3.63) is 28.7 Å². The smallest absolute Gasteiger partial charge is 0.417 e. The first-order valence-electron chi connectivity index (χ1n) is 9.59. The van der Waals surface area contributed by atoms with Crippen LogP contribution in [0.3, 0.4) is 0 Å². The molecule has 6 atom stereocenters. The molecule has 152 valence electrons. The number of nitrogens with one attached hydrogen (secondary N) is 1. The average Bonchev–Trinajstić information content (AvgIpc) is 3.36. The third-order valence-corrected chi connectivity index (χ3v) is 6.15. The zero-order valence-electron chi connectivity index (χ0n) is 15.7. The zero-order chi connectivity index (χ0) is 20.4. The Hall–Kier alpha value is -3.10. The molecule has 1 N–H and O–H groups in total. The van der Waals surface area contributed by atoms with Gasteiger partial charge in [-0.1, -0.05) is 13.8 Å². The van der Waals surface area contributed by atoms with E-state index in [1.54, 1.807) is 19.9 Å². The molecule has 1 saturated heterocycles. The van der Waals surface area contributed by atoms with Crippen LogP contribution in [-0.2, 0) is 23.9 Å². The number of rotatable bonds is 4. The minimum absolute atomic E-state index is 0.153. The standard InChI is InChI=1S/C20H19NO8/c1-7(2)17(22)28-15-9-6-10-14(19(24)29-16(10)15)13(9)18(23)26-8-3-4-11-12(5-8)27-20(25)21-11/h3-5,7,9-10,13-16H,6H2,1-2H3,(H,21,25). The molecule has 0 amide bonds. The van der Waals surface area contributed by atoms with Gasteiger partial charge in [-0.2, -0.15) is 0 Å². The average molecular weight is 401 g/mol. The van der Waals surface area contributed by atoms with Crippen LogP contribution >= 0.6 is 0 Å². The van der Waals surface area contributed by atoms with E-state index in [0.717, 1.165) is 0 Å². The minimum Gasteiger partial charge on any atom is -0.458 e. The second kappa shape index (κ2) is 6.20. The fraction of sp³-hybridized carbons (Fsp3) is 0.500. The van der Waals surface area contributed by atoms with Crippen LogP contribution in [0.25, 0.3) is 11.1 Å². The third-order valence-electron chi connectivity index (χ3n) is 6.15. The highest BCUT2D eigenvalue weighted by molar-refractivity contribution is 5.87. The Morgan fingerprint density at radius 1 is 1.21 bits per heavy atom. The number of hydrogen-bond acceptors (Lipinski definition) is 8. The fourth-order valence-corrected chi connectivity index (χ4v) is 4.91. The molecule has 3 fully saturated rings. The van der Waals surface area contributed by atoms with Gasteiger partial charge in [-0.3, -0.25) is 19.4 Å². The van der Waals surface area contributed by atoms with E-state index in [2.05, 4.69) is 4.98 Å². The number of aromatic nitrogens is 1. The Balaban J connectivity index is 1.40. The molecule has 1 aromatic heterocycles. The molecule has 9 nitrogen and oxygen atoms in total. The molecule has 9 heteroatoms. The van der Waals surface area contributed by atoms with Gasteiger partial charge in [0.05, 0.1) is 23.3 Å². The predicted molar refractivity (Wildman–Crippen MR) is 95.6 cm³/mol. The molecule has 1 aliphatic heterocycles.